The van der Waals surface area contributed by atoms with E-state index in [4.69, 9.17) is 0 Å². The van der Waals surface area contributed by atoms with Gasteiger partial charge in [-0.2, -0.15) is 4.80 Å². The van der Waals surface area contributed by atoms with Crippen molar-refractivity contribution in [2.24, 2.45) is 13.0 Å². The zero-order chi connectivity index (χ0) is 11.4. The van der Waals surface area contributed by atoms with Crippen LogP contribution in [-0.2, 0) is 13.5 Å². The fourth-order valence-electron chi connectivity index (χ4n) is 2.58. The Bertz CT molecular complexity index is 316. The summed E-state index contributed by atoms with van der Waals surface area (Å²) in [6.45, 7) is 0. The molecular weight excluding hydrogens is 202 g/mol. The number of tetrazole rings is 1. The Morgan fingerprint density at radius 3 is 2.75 bits per heavy atom. The number of aromatic nitrogens is 4. The molecule has 1 aromatic heterocycles. The summed E-state index contributed by atoms with van der Waals surface area (Å²) in [6.07, 6.45) is 7.74. The van der Waals surface area contributed by atoms with Gasteiger partial charge in [0.2, 0.25) is 0 Å². The third-order valence-corrected chi connectivity index (χ3v) is 3.48. The van der Waals surface area contributed by atoms with Crippen LogP contribution in [0, 0.1) is 5.92 Å². The summed E-state index contributed by atoms with van der Waals surface area (Å²) >= 11 is 0. The minimum Gasteiger partial charge on any atom is -0.317 e. The van der Waals surface area contributed by atoms with Gasteiger partial charge in [-0.25, -0.2) is 0 Å². The van der Waals surface area contributed by atoms with E-state index in [1.54, 1.807) is 0 Å². The molecule has 0 aromatic carbocycles. The van der Waals surface area contributed by atoms with Crippen LogP contribution >= 0.6 is 0 Å². The van der Waals surface area contributed by atoms with Crippen molar-refractivity contribution in [3.8, 4) is 0 Å². The standard InChI is InChI=1S/C11H21N5/c1-12-10(7-9-5-3-4-6-9)8-11-13-15-16(2)14-11/h9-10,12H,3-8H2,1-2H3. The van der Waals surface area contributed by atoms with Crippen molar-refractivity contribution in [2.45, 2.75) is 44.6 Å². The summed E-state index contributed by atoms with van der Waals surface area (Å²) in [5.41, 5.74) is 0. The molecule has 1 N–H and O–H groups in total. The number of hydrogen-bond acceptors (Lipinski definition) is 4. The average molecular weight is 223 g/mol. The molecule has 16 heavy (non-hydrogen) atoms. The Kier molecular flexibility index (Phi) is 3.88. The molecule has 5 heteroatoms. The maximum absolute atomic E-state index is 4.23. The molecule has 0 amide bonds. The van der Waals surface area contributed by atoms with Gasteiger partial charge in [-0.15, -0.1) is 10.2 Å². The smallest absolute Gasteiger partial charge is 0.176 e. The highest BCUT2D eigenvalue weighted by molar-refractivity contribution is 4.86. The van der Waals surface area contributed by atoms with Crippen LogP contribution in [0.5, 0.6) is 0 Å². The molecule has 0 spiro atoms. The van der Waals surface area contributed by atoms with Crippen LogP contribution in [0.2, 0.25) is 0 Å². The lowest BCUT2D eigenvalue weighted by Crippen LogP contribution is -2.30. The van der Waals surface area contributed by atoms with Crippen LogP contribution in [0.25, 0.3) is 0 Å². The molecule has 1 unspecified atom stereocenters. The number of nitrogens with zero attached hydrogens (tertiary/aromatic N) is 4. The number of likely N-dealkylation sites (N-methyl/N-ethyl adjacent to an activating group) is 1. The molecule has 5 nitrogen and oxygen atoms in total. The molecule has 1 saturated carbocycles. The summed E-state index contributed by atoms with van der Waals surface area (Å²) in [5.74, 6) is 1.74. The van der Waals surface area contributed by atoms with E-state index >= 15 is 0 Å². The van der Waals surface area contributed by atoms with Gasteiger partial charge in [0, 0.05) is 12.5 Å². The van der Waals surface area contributed by atoms with E-state index in [1.165, 1.54) is 36.9 Å². The van der Waals surface area contributed by atoms with E-state index in [0.29, 0.717) is 6.04 Å². The summed E-state index contributed by atoms with van der Waals surface area (Å²) in [4.78, 5) is 1.53. The average Bonchev–Trinajstić information content (AvgIpc) is 2.89. The fourth-order valence-corrected chi connectivity index (χ4v) is 2.58. The van der Waals surface area contributed by atoms with Gasteiger partial charge in [0.1, 0.15) is 0 Å². The number of aryl methyl sites for hydroxylation is 1. The van der Waals surface area contributed by atoms with Crippen molar-refractivity contribution >= 4 is 0 Å². The van der Waals surface area contributed by atoms with Crippen molar-refractivity contribution in [3.63, 3.8) is 0 Å². The predicted molar refractivity (Wildman–Crippen MR) is 61.9 cm³/mol. The zero-order valence-corrected chi connectivity index (χ0v) is 10.2. The van der Waals surface area contributed by atoms with Crippen LogP contribution < -0.4 is 5.32 Å². The van der Waals surface area contributed by atoms with E-state index in [1.807, 2.05) is 14.1 Å². The fraction of sp³-hybridized carbons (Fsp3) is 0.909. The second-order valence-corrected chi connectivity index (χ2v) is 4.77. The Labute approximate surface area is 96.6 Å². The molecule has 1 aliphatic rings. The molecule has 1 atom stereocenters. The van der Waals surface area contributed by atoms with E-state index in [0.717, 1.165) is 18.2 Å². The van der Waals surface area contributed by atoms with Crippen LogP contribution in [0.15, 0.2) is 0 Å². The van der Waals surface area contributed by atoms with Crippen molar-refractivity contribution < 1.29 is 0 Å². The summed E-state index contributed by atoms with van der Waals surface area (Å²) in [5, 5.41) is 15.5. The topological polar surface area (TPSA) is 55.6 Å². The lowest BCUT2D eigenvalue weighted by molar-refractivity contribution is 0.398. The van der Waals surface area contributed by atoms with Crippen LogP contribution in [0.3, 0.4) is 0 Å². The minimum absolute atomic E-state index is 0.493. The van der Waals surface area contributed by atoms with Gasteiger partial charge in [-0.3, -0.25) is 0 Å². The first-order valence-corrected chi connectivity index (χ1v) is 6.18. The first kappa shape index (κ1) is 11.5. The monoisotopic (exact) mass is 223 g/mol. The SMILES string of the molecule is CNC(Cc1nnn(C)n1)CC1CCCC1. The number of hydrogen-bond donors (Lipinski definition) is 1. The highest BCUT2D eigenvalue weighted by Gasteiger charge is 2.20. The van der Waals surface area contributed by atoms with Gasteiger partial charge in [0.05, 0.1) is 7.05 Å². The van der Waals surface area contributed by atoms with Crippen LogP contribution in [-0.4, -0.2) is 33.3 Å². The van der Waals surface area contributed by atoms with Gasteiger partial charge >= 0.3 is 0 Å². The first-order valence-electron chi connectivity index (χ1n) is 6.18. The van der Waals surface area contributed by atoms with E-state index in [9.17, 15) is 0 Å². The van der Waals surface area contributed by atoms with Gasteiger partial charge in [0.15, 0.2) is 5.82 Å². The summed E-state index contributed by atoms with van der Waals surface area (Å²) in [7, 11) is 3.83. The third-order valence-electron chi connectivity index (χ3n) is 3.48. The molecule has 1 aliphatic carbocycles. The third kappa shape index (κ3) is 3.01. The predicted octanol–water partition coefficient (Wildman–Crippen LogP) is 0.921. The molecule has 0 bridgehead atoms. The van der Waals surface area contributed by atoms with Crippen LogP contribution in [0.1, 0.15) is 37.9 Å². The number of nitrogens with one attached hydrogen (secondary N) is 1. The molecule has 0 aliphatic heterocycles. The highest BCUT2D eigenvalue weighted by atomic mass is 15.6. The minimum atomic E-state index is 0.493. The maximum Gasteiger partial charge on any atom is 0.176 e. The lowest BCUT2D eigenvalue weighted by atomic mass is 9.96. The zero-order valence-electron chi connectivity index (χ0n) is 10.2. The second kappa shape index (κ2) is 5.39. The highest BCUT2D eigenvalue weighted by Crippen LogP contribution is 2.28. The summed E-state index contributed by atoms with van der Waals surface area (Å²) < 4.78 is 0. The largest absolute Gasteiger partial charge is 0.317 e. The van der Waals surface area contributed by atoms with Crippen molar-refractivity contribution in [2.75, 3.05) is 7.05 Å². The van der Waals surface area contributed by atoms with Gasteiger partial charge in [0.25, 0.3) is 0 Å². The number of rotatable bonds is 5. The molecule has 0 saturated heterocycles. The molecular formula is C11H21N5. The van der Waals surface area contributed by atoms with Gasteiger partial charge < -0.3 is 5.32 Å². The lowest BCUT2D eigenvalue weighted by Gasteiger charge is -2.18. The Morgan fingerprint density at radius 2 is 2.19 bits per heavy atom. The summed E-state index contributed by atoms with van der Waals surface area (Å²) in [6, 6.07) is 0.493. The Morgan fingerprint density at radius 1 is 1.44 bits per heavy atom. The molecule has 1 heterocycles. The first-order chi connectivity index (χ1) is 7.78. The van der Waals surface area contributed by atoms with Crippen LogP contribution in [0.4, 0.5) is 0 Å². The Balaban J connectivity index is 1.84. The van der Waals surface area contributed by atoms with Crippen molar-refractivity contribution in [3.05, 3.63) is 5.82 Å². The normalized spacial score (nSPS) is 19.1. The van der Waals surface area contributed by atoms with E-state index in [2.05, 4.69) is 20.7 Å². The molecule has 1 fully saturated rings. The molecule has 0 radical (unpaired) electrons. The van der Waals surface area contributed by atoms with Crippen molar-refractivity contribution in [1.29, 1.82) is 0 Å². The Hall–Kier alpha value is -0.970. The van der Waals surface area contributed by atoms with E-state index < -0.39 is 0 Å². The second-order valence-electron chi connectivity index (χ2n) is 4.77. The maximum atomic E-state index is 4.23. The molecule has 1 aromatic rings. The van der Waals surface area contributed by atoms with E-state index in [-0.39, 0.29) is 0 Å². The molecule has 2 rings (SSSR count). The van der Waals surface area contributed by atoms with Gasteiger partial charge in [-0.1, -0.05) is 25.7 Å². The quantitative estimate of drug-likeness (QED) is 0.806. The molecule has 90 valence electrons. The van der Waals surface area contributed by atoms with Gasteiger partial charge in [-0.05, 0) is 24.6 Å². The van der Waals surface area contributed by atoms with Crippen molar-refractivity contribution in [1.82, 2.24) is 25.5 Å².